The zero-order valence-electron chi connectivity index (χ0n) is 8.69. The third kappa shape index (κ3) is 2.83. The highest BCUT2D eigenvalue weighted by Crippen LogP contribution is 2.30. The van der Waals surface area contributed by atoms with Gasteiger partial charge in [0.2, 0.25) is 0 Å². The summed E-state index contributed by atoms with van der Waals surface area (Å²) in [5.41, 5.74) is 5.53. The van der Waals surface area contributed by atoms with E-state index in [4.69, 9.17) is 17.3 Å². The van der Waals surface area contributed by atoms with Crippen molar-refractivity contribution < 1.29 is 0 Å². The second kappa shape index (κ2) is 4.81. The van der Waals surface area contributed by atoms with Gasteiger partial charge in [0.1, 0.15) is 5.82 Å². The van der Waals surface area contributed by atoms with Crippen molar-refractivity contribution in [2.45, 2.75) is 25.3 Å². The molecule has 0 radical (unpaired) electrons. The molecule has 3 nitrogen and oxygen atoms in total. The number of hydrogen-bond donors (Lipinski definition) is 1. The monoisotopic (exact) mass is 225 g/mol. The minimum atomic E-state index is 0.672. The van der Waals surface area contributed by atoms with Crippen molar-refractivity contribution in [3.63, 3.8) is 0 Å². The van der Waals surface area contributed by atoms with Crippen LogP contribution in [-0.2, 0) is 0 Å². The molecule has 0 amide bonds. The number of anilines is 1. The van der Waals surface area contributed by atoms with Crippen molar-refractivity contribution in [3.8, 4) is 0 Å². The lowest BCUT2D eigenvalue weighted by Crippen LogP contribution is -2.29. The van der Waals surface area contributed by atoms with Crippen LogP contribution in [0.4, 0.5) is 5.82 Å². The van der Waals surface area contributed by atoms with Crippen LogP contribution in [0, 0.1) is 0 Å². The number of halogens is 1. The minimum absolute atomic E-state index is 0.672. The Bertz CT molecular complexity index is 308. The Morgan fingerprint density at radius 3 is 2.80 bits per heavy atom. The summed E-state index contributed by atoms with van der Waals surface area (Å²) >= 11 is 5.81. The maximum atomic E-state index is 5.81. The van der Waals surface area contributed by atoms with E-state index in [1.165, 1.54) is 12.8 Å². The number of rotatable bonds is 5. The molecule has 0 saturated heterocycles. The normalized spacial score (nSPS) is 15.3. The van der Waals surface area contributed by atoms with Gasteiger partial charge in [-0.25, -0.2) is 4.98 Å². The van der Waals surface area contributed by atoms with Gasteiger partial charge in [0.15, 0.2) is 0 Å². The van der Waals surface area contributed by atoms with Gasteiger partial charge in [-0.1, -0.05) is 11.6 Å². The summed E-state index contributed by atoms with van der Waals surface area (Å²) in [6, 6.07) is 4.55. The summed E-state index contributed by atoms with van der Waals surface area (Å²) in [7, 11) is 0. The first-order valence-electron chi connectivity index (χ1n) is 5.39. The number of pyridine rings is 1. The Morgan fingerprint density at radius 1 is 1.47 bits per heavy atom. The van der Waals surface area contributed by atoms with Crippen LogP contribution >= 0.6 is 11.6 Å². The molecule has 4 heteroatoms. The molecular weight excluding hydrogens is 210 g/mol. The largest absolute Gasteiger partial charge is 0.354 e. The first-order valence-corrected chi connectivity index (χ1v) is 5.77. The lowest BCUT2D eigenvalue weighted by molar-refractivity contribution is 0.723. The van der Waals surface area contributed by atoms with E-state index < -0.39 is 0 Å². The van der Waals surface area contributed by atoms with Crippen LogP contribution in [0.5, 0.6) is 0 Å². The van der Waals surface area contributed by atoms with Gasteiger partial charge in [-0.3, -0.25) is 0 Å². The Hall–Kier alpha value is -0.800. The lowest BCUT2D eigenvalue weighted by Gasteiger charge is -2.23. The minimum Gasteiger partial charge on any atom is -0.354 e. The fraction of sp³-hybridized carbons (Fsp3) is 0.545. The lowest BCUT2D eigenvalue weighted by atomic mass is 10.3. The highest BCUT2D eigenvalue weighted by atomic mass is 35.5. The summed E-state index contributed by atoms with van der Waals surface area (Å²) in [6.07, 6.45) is 5.26. The molecule has 2 rings (SSSR count). The molecule has 0 unspecified atom stereocenters. The smallest absolute Gasteiger partial charge is 0.128 e. The molecule has 1 aromatic rings. The van der Waals surface area contributed by atoms with Crippen LogP contribution in [0.1, 0.15) is 19.3 Å². The van der Waals surface area contributed by atoms with Gasteiger partial charge in [-0.2, -0.15) is 0 Å². The first kappa shape index (κ1) is 10.7. The van der Waals surface area contributed by atoms with Gasteiger partial charge in [0.05, 0.1) is 5.02 Å². The zero-order chi connectivity index (χ0) is 10.7. The SMILES string of the molecule is NCCCN(c1ccc(Cl)cn1)C1CC1. The van der Waals surface area contributed by atoms with Gasteiger partial charge in [0.25, 0.3) is 0 Å². The van der Waals surface area contributed by atoms with Crippen molar-refractivity contribution in [1.82, 2.24) is 4.98 Å². The molecule has 15 heavy (non-hydrogen) atoms. The molecule has 1 saturated carbocycles. The van der Waals surface area contributed by atoms with E-state index in [0.717, 1.165) is 25.3 Å². The predicted molar refractivity (Wildman–Crippen MR) is 63.3 cm³/mol. The van der Waals surface area contributed by atoms with Crippen LogP contribution in [0.2, 0.25) is 5.02 Å². The van der Waals surface area contributed by atoms with Crippen molar-refractivity contribution >= 4 is 17.4 Å². The zero-order valence-corrected chi connectivity index (χ0v) is 9.45. The molecule has 1 fully saturated rings. The summed E-state index contributed by atoms with van der Waals surface area (Å²) < 4.78 is 0. The van der Waals surface area contributed by atoms with Crippen molar-refractivity contribution in [3.05, 3.63) is 23.4 Å². The maximum Gasteiger partial charge on any atom is 0.128 e. The number of nitrogens with two attached hydrogens (primary N) is 1. The fourth-order valence-corrected chi connectivity index (χ4v) is 1.78. The molecule has 1 aromatic heterocycles. The van der Waals surface area contributed by atoms with E-state index in [9.17, 15) is 0 Å². The molecule has 1 heterocycles. The predicted octanol–water partition coefficient (Wildman–Crippen LogP) is 2.05. The fourth-order valence-electron chi connectivity index (χ4n) is 1.67. The molecule has 1 aliphatic rings. The van der Waals surface area contributed by atoms with Crippen molar-refractivity contribution in [2.24, 2.45) is 5.73 Å². The van der Waals surface area contributed by atoms with Crippen LogP contribution in [-0.4, -0.2) is 24.1 Å². The standard InChI is InChI=1S/C11H16ClN3/c12-9-2-5-11(14-8-9)15(7-1-6-13)10-3-4-10/h2,5,8,10H,1,3-4,6-7,13H2. The third-order valence-electron chi connectivity index (χ3n) is 2.60. The van der Waals surface area contributed by atoms with Crippen LogP contribution in [0.3, 0.4) is 0 Å². The summed E-state index contributed by atoms with van der Waals surface area (Å²) in [4.78, 5) is 6.68. The number of nitrogens with zero attached hydrogens (tertiary/aromatic N) is 2. The molecule has 0 atom stereocenters. The molecule has 0 spiro atoms. The highest BCUT2D eigenvalue weighted by Gasteiger charge is 2.29. The van der Waals surface area contributed by atoms with Gasteiger partial charge >= 0.3 is 0 Å². The molecule has 0 aliphatic heterocycles. The van der Waals surface area contributed by atoms with E-state index in [2.05, 4.69) is 9.88 Å². The maximum absolute atomic E-state index is 5.81. The summed E-state index contributed by atoms with van der Waals surface area (Å²) in [5, 5.41) is 0.688. The number of hydrogen-bond acceptors (Lipinski definition) is 3. The molecule has 2 N–H and O–H groups in total. The summed E-state index contributed by atoms with van der Waals surface area (Å²) in [6.45, 7) is 1.73. The van der Waals surface area contributed by atoms with E-state index >= 15 is 0 Å². The van der Waals surface area contributed by atoms with E-state index in [0.29, 0.717) is 11.1 Å². The molecule has 0 aromatic carbocycles. The quantitative estimate of drug-likeness (QED) is 0.834. The summed E-state index contributed by atoms with van der Waals surface area (Å²) in [5.74, 6) is 1.02. The topological polar surface area (TPSA) is 42.1 Å². The van der Waals surface area contributed by atoms with Gasteiger partial charge in [-0.15, -0.1) is 0 Å². The second-order valence-electron chi connectivity index (χ2n) is 3.90. The van der Waals surface area contributed by atoms with Crippen LogP contribution < -0.4 is 10.6 Å². The van der Waals surface area contributed by atoms with Gasteiger partial charge in [-0.05, 0) is 37.9 Å². The average molecular weight is 226 g/mol. The Morgan fingerprint density at radius 2 is 2.27 bits per heavy atom. The van der Waals surface area contributed by atoms with Crippen molar-refractivity contribution in [2.75, 3.05) is 18.0 Å². The second-order valence-corrected chi connectivity index (χ2v) is 4.34. The molecule has 0 bridgehead atoms. The van der Waals surface area contributed by atoms with Crippen molar-refractivity contribution in [1.29, 1.82) is 0 Å². The Kier molecular flexibility index (Phi) is 3.44. The van der Waals surface area contributed by atoms with Crippen LogP contribution in [0.25, 0.3) is 0 Å². The molecule has 1 aliphatic carbocycles. The van der Waals surface area contributed by atoms with E-state index in [1.54, 1.807) is 6.20 Å². The Labute approximate surface area is 95.2 Å². The van der Waals surface area contributed by atoms with Gasteiger partial charge < -0.3 is 10.6 Å². The van der Waals surface area contributed by atoms with Crippen LogP contribution in [0.15, 0.2) is 18.3 Å². The average Bonchev–Trinajstić information content (AvgIpc) is 3.05. The highest BCUT2D eigenvalue weighted by molar-refractivity contribution is 6.30. The first-order chi connectivity index (χ1) is 7.31. The van der Waals surface area contributed by atoms with Gasteiger partial charge in [0, 0.05) is 18.8 Å². The number of aromatic nitrogens is 1. The van der Waals surface area contributed by atoms with E-state index in [-0.39, 0.29) is 0 Å². The third-order valence-corrected chi connectivity index (χ3v) is 2.82. The van der Waals surface area contributed by atoms with E-state index in [1.807, 2.05) is 12.1 Å². The molecule has 82 valence electrons. The Balaban J connectivity index is 2.06. The molecular formula is C11H16ClN3.